The minimum atomic E-state index is -1.21. The number of ether oxygens (including phenoxy) is 1. The van der Waals surface area contributed by atoms with Gasteiger partial charge in [0.15, 0.2) is 6.23 Å². The van der Waals surface area contributed by atoms with Gasteiger partial charge in [-0.15, -0.1) is 16.4 Å². The second kappa shape index (κ2) is 7.98. The van der Waals surface area contributed by atoms with Gasteiger partial charge in [0.25, 0.3) is 5.91 Å². The fourth-order valence-electron chi connectivity index (χ4n) is 3.92. The highest BCUT2D eigenvalue weighted by molar-refractivity contribution is 7.26. The molecule has 2 aromatic carbocycles. The van der Waals surface area contributed by atoms with E-state index in [4.69, 9.17) is 10.5 Å². The average molecular weight is 439 g/mol. The Balaban J connectivity index is 1.27. The van der Waals surface area contributed by atoms with Crippen LogP contribution in [0.25, 0.3) is 20.2 Å². The van der Waals surface area contributed by atoms with Gasteiger partial charge in [0.2, 0.25) is 5.82 Å². The molecule has 0 saturated carbocycles. The van der Waals surface area contributed by atoms with Crippen molar-refractivity contribution in [1.29, 1.82) is 0 Å². The first-order valence-electron chi connectivity index (χ1n) is 9.85. The molecule has 160 valence electrons. The van der Waals surface area contributed by atoms with Crippen molar-refractivity contribution in [3.05, 3.63) is 60.2 Å². The van der Waals surface area contributed by atoms with E-state index in [2.05, 4.69) is 39.7 Å². The molecule has 0 spiro atoms. The highest BCUT2D eigenvalue weighted by Gasteiger charge is 2.44. The van der Waals surface area contributed by atoms with Crippen LogP contribution in [0.4, 0.5) is 0 Å². The summed E-state index contributed by atoms with van der Waals surface area (Å²) >= 11 is 1.76. The molecule has 0 unspecified atom stereocenters. The molecule has 1 amide bonds. The van der Waals surface area contributed by atoms with Crippen LogP contribution >= 0.6 is 11.3 Å². The lowest BCUT2D eigenvalue weighted by Crippen LogP contribution is -2.37. The van der Waals surface area contributed by atoms with Crippen molar-refractivity contribution >= 4 is 37.4 Å². The third-order valence-corrected chi connectivity index (χ3v) is 6.74. The summed E-state index contributed by atoms with van der Waals surface area (Å²) in [5, 5.41) is 30.5. The van der Waals surface area contributed by atoms with Crippen molar-refractivity contribution < 1.29 is 19.7 Å². The zero-order valence-electron chi connectivity index (χ0n) is 16.4. The first-order chi connectivity index (χ1) is 15.0. The van der Waals surface area contributed by atoms with Crippen LogP contribution in [0.3, 0.4) is 0 Å². The first-order valence-corrected chi connectivity index (χ1v) is 10.7. The summed E-state index contributed by atoms with van der Waals surface area (Å²) in [5.74, 6) is -0.955. The monoisotopic (exact) mass is 439 g/mol. The summed E-state index contributed by atoms with van der Waals surface area (Å²) in [6.07, 6.45) is -2.67. The zero-order valence-corrected chi connectivity index (χ0v) is 17.2. The molecule has 0 radical (unpaired) electrons. The Hall–Kier alpha value is -2.89. The number of amides is 1. The fourth-order valence-corrected chi connectivity index (χ4v) is 5.13. The number of nitrogens with one attached hydrogen (secondary N) is 1. The van der Waals surface area contributed by atoms with Gasteiger partial charge < -0.3 is 26.0 Å². The lowest BCUT2D eigenvalue weighted by atomic mass is 10.1. The molecule has 9 nitrogen and oxygen atoms in total. The average Bonchev–Trinajstić information content (AvgIpc) is 3.46. The molecule has 5 rings (SSSR count). The Labute approximate surface area is 181 Å². The Morgan fingerprint density at radius 1 is 1.16 bits per heavy atom. The number of nitrogens with zero attached hydrogens (tertiary/aromatic N) is 3. The van der Waals surface area contributed by atoms with E-state index in [1.54, 1.807) is 11.3 Å². The molecule has 3 heterocycles. The number of fused-ring (bicyclic) bond motifs is 3. The molecule has 0 bridgehead atoms. The number of nitrogens with two attached hydrogens (primary N) is 1. The number of carbonyl (C=O) groups excluding carboxylic acids is 1. The van der Waals surface area contributed by atoms with E-state index in [1.165, 1.54) is 31.2 Å². The molecular formula is C21H21N5O4S. The van der Waals surface area contributed by atoms with Gasteiger partial charge in [-0.25, -0.2) is 9.67 Å². The van der Waals surface area contributed by atoms with Crippen LogP contribution in [0.5, 0.6) is 0 Å². The highest BCUT2D eigenvalue weighted by Crippen LogP contribution is 2.35. The number of primary amides is 1. The van der Waals surface area contributed by atoms with Crippen LogP contribution in [0.15, 0.2) is 48.8 Å². The van der Waals surface area contributed by atoms with E-state index < -0.39 is 30.4 Å². The van der Waals surface area contributed by atoms with Crippen LogP contribution < -0.4 is 11.1 Å². The fraction of sp³-hybridized carbons (Fsp3) is 0.286. The molecule has 1 saturated heterocycles. The number of thiophene rings is 1. The Morgan fingerprint density at radius 3 is 2.77 bits per heavy atom. The number of hydrogen-bond acceptors (Lipinski definition) is 8. The smallest absolute Gasteiger partial charge is 0.288 e. The highest BCUT2D eigenvalue weighted by atomic mass is 32.1. The molecule has 4 atom stereocenters. The van der Waals surface area contributed by atoms with Crippen LogP contribution in [0.1, 0.15) is 22.4 Å². The molecule has 4 aromatic rings. The SMILES string of the molecule is NC(=O)c1ncn([C@@H]2O[C@H](CNCc3cccc4c3sc3ccccc34)[C@@H](O)[C@H]2O)n1. The maximum Gasteiger partial charge on any atom is 0.288 e. The van der Waals surface area contributed by atoms with Crippen LogP contribution in [0, 0.1) is 0 Å². The second-order valence-corrected chi connectivity index (χ2v) is 8.53. The summed E-state index contributed by atoms with van der Waals surface area (Å²) in [5.41, 5.74) is 6.32. The molecule has 1 aliphatic heterocycles. The summed E-state index contributed by atoms with van der Waals surface area (Å²) in [6, 6.07) is 14.6. The first kappa shape index (κ1) is 20.0. The maximum atomic E-state index is 11.2. The third kappa shape index (κ3) is 3.58. The largest absolute Gasteiger partial charge is 0.387 e. The van der Waals surface area contributed by atoms with Crippen molar-refractivity contribution in [2.75, 3.05) is 6.54 Å². The van der Waals surface area contributed by atoms with Crippen molar-refractivity contribution in [2.24, 2.45) is 5.73 Å². The van der Waals surface area contributed by atoms with E-state index in [9.17, 15) is 15.0 Å². The number of carbonyl (C=O) groups is 1. The van der Waals surface area contributed by atoms with Gasteiger partial charge in [0.1, 0.15) is 24.6 Å². The predicted molar refractivity (Wildman–Crippen MR) is 116 cm³/mol. The quantitative estimate of drug-likeness (QED) is 0.354. The Bertz CT molecular complexity index is 1260. The number of hydrogen-bond donors (Lipinski definition) is 4. The molecule has 0 aliphatic carbocycles. The summed E-state index contributed by atoms with van der Waals surface area (Å²) < 4.78 is 9.46. The Kier molecular flexibility index (Phi) is 5.16. The van der Waals surface area contributed by atoms with Crippen LogP contribution in [0.2, 0.25) is 0 Å². The Morgan fingerprint density at radius 2 is 1.97 bits per heavy atom. The number of benzene rings is 2. The second-order valence-electron chi connectivity index (χ2n) is 7.48. The maximum absolute atomic E-state index is 11.2. The van der Waals surface area contributed by atoms with Gasteiger partial charge in [-0.2, -0.15) is 0 Å². The van der Waals surface area contributed by atoms with E-state index in [1.807, 2.05) is 18.2 Å². The minimum Gasteiger partial charge on any atom is -0.387 e. The van der Waals surface area contributed by atoms with Crippen LogP contribution in [-0.4, -0.2) is 55.7 Å². The van der Waals surface area contributed by atoms with Gasteiger partial charge in [-0.1, -0.05) is 36.4 Å². The van der Waals surface area contributed by atoms with Gasteiger partial charge >= 0.3 is 0 Å². The van der Waals surface area contributed by atoms with Crippen molar-refractivity contribution in [2.45, 2.75) is 31.1 Å². The topological polar surface area (TPSA) is 136 Å². The number of aliphatic hydroxyl groups excluding tert-OH is 2. The molecule has 2 aromatic heterocycles. The standard InChI is InChI=1S/C21H21N5O4S/c22-19(29)20-24-10-26(25-20)21-17(28)16(27)14(30-21)9-23-8-11-4-3-6-13-12-5-1-2-7-15(12)31-18(11)13/h1-7,10,14,16-17,21,23,27-28H,8-9H2,(H2,22,29)/t14-,16-,17-,21-/m1/s1. The van der Waals surface area contributed by atoms with Crippen molar-refractivity contribution in [3.63, 3.8) is 0 Å². The molecule has 1 aliphatic rings. The summed E-state index contributed by atoms with van der Waals surface area (Å²) in [4.78, 5) is 15.0. The molecule has 5 N–H and O–H groups in total. The van der Waals surface area contributed by atoms with Crippen molar-refractivity contribution in [1.82, 2.24) is 20.1 Å². The number of rotatable bonds is 6. The summed E-state index contributed by atoms with van der Waals surface area (Å²) in [7, 11) is 0. The van der Waals surface area contributed by atoms with E-state index in [0.29, 0.717) is 13.1 Å². The molecular weight excluding hydrogens is 418 g/mol. The number of aliphatic hydroxyl groups is 2. The van der Waals surface area contributed by atoms with Crippen molar-refractivity contribution in [3.8, 4) is 0 Å². The minimum absolute atomic E-state index is 0.178. The summed E-state index contributed by atoms with van der Waals surface area (Å²) in [6.45, 7) is 0.917. The predicted octanol–water partition coefficient (Wildman–Crippen LogP) is 1.15. The van der Waals surface area contributed by atoms with Gasteiger partial charge in [0.05, 0.1) is 0 Å². The zero-order chi connectivity index (χ0) is 21.5. The van der Waals surface area contributed by atoms with E-state index >= 15 is 0 Å². The third-order valence-electron chi connectivity index (χ3n) is 5.47. The van der Waals surface area contributed by atoms with E-state index in [0.717, 1.165) is 5.56 Å². The molecule has 10 heteroatoms. The normalized spacial score (nSPS) is 23.7. The van der Waals surface area contributed by atoms with E-state index in [-0.39, 0.29) is 5.82 Å². The lowest BCUT2D eigenvalue weighted by molar-refractivity contribution is -0.0439. The molecule has 1 fully saturated rings. The van der Waals surface area contributed by atoms with Gasteiger partial charge in [0, 0.05) is 33.3 Å². The van der Waals surface area contributed by atoms with Gasteiger partial charge in [-0.3, -0.25) is 4.79 Å². The lowest BCUT2D eigenvalue weighted by Gasteiger charge is -2.15. The number of aromatic nitrogens is 3. The van der Waals surface area contributed by atoms with Gasteiger partial charge in [-0.05, 0) is 11.6 Å². The van der Waals surface area contributed by atoms with Crippen LogP contribution in [-0.2, 0) is 11.3 Å². The molecule has 31 heavy (non-hydrogen) atoms.